The van der Waals surface area contributed by atoms with E-state index in [9.17, 15) is 31.1 Å². The van der Waals surface area contributed by atoms with Crippen LogP contribution in [0.25, 0.3) is 17.6 Å². The molecule has 0 radical (unpaired) electrons. The molecule has 1 saturated carbocycles. The van der Waals surface area contributed by atoms with Crippen molar-refractivity contribution in [3.05, 3.63) is 41.7 Å². The summed E-state index contributed by atoms with van der Waals surface area (Å²) in [5, 5.41) is 9.88. The van der Waals surface area contributed by atoms with Gasteiger partial charge in [-0.15, -0.1) is 17.5 Å². The van der Waals surface area contributed by atoms with E-state index in [1.165, 1.54) is 12.3 Å². The minimum atomic E-state index is -4.97. The number of hydrogen-bond acceptors (Lipinski definition) is 4. The topological polar surface area (TPSA) is 71.8 Å². The monoisotopic (exact) mass is 467 g/mol. The second-order valence-corrected chi connectivity index (χ2v) is 7.18. The zero-order valence-corrected chi connectivity index (χ0v) is 16.4. The third kappa shape index (κ3) is 5.01. The number of amides is 1. The van der Waals surface area contributed by atoms with Gasteiger partial charge in [0.2, 0.25) is 5.91 Å². The lowest BCUT2D eigenvalue weighted by atomic mass is 10.0. The van der Waals surface area contributed by atoms with Crippen LogP contribution in [0.4, 0.5) is 26.3 Å². The largest absolute Gasteiger partial charge is 0.416 e. The number of rotatable bonds is 4. The average molecular weight is 468 g/mol. The molecule has 6 nitrogen and oxygen atoms in total. The summed E-state index contributed by atoms with van der Waals surface area (Å²) in [5.74, 6) is 0.137. The van der Waals surface area contributed by atoms with Crippen molar-refractivity contribution < 1.29 is 31.1 Å². The first-order chi connectivity index (χ1) is 14.0. The second kappa shape index (κ2) is 8.15. The van der Waals surface area contributed by atoms with E-state index in [1.54, 1.807) is 0 Å². The fourth-order valence-corrected chi connectivity index (χ4v) is 3.55. The highest BCUT2D eigenvalue weighted by Gasteiger charge is 2.53. The smallest absolute Gasteiger partial charge is 0.349 e. The Labute approximate surface area is 178 Å². The SMILES string of the molecule is Cl.O=C(/C=C\n1cnc(-c2cc(C(F)(F)F)cc(C(F)(F)F)c2)n1)NC1C2CNCC21. The zero-order chi connectivity index (χ0) is 21.7. The molecule has 2 N–H and O–H groups in total. The Morgan fingerprint density at radius 1 is 1.06 bits per heavy atom. The molecule has 1 aromatic heterocycles. The maximum Gasteiger partial charge on any atom is 0.416 e. The van der Waals surface area contributed by atoms with E-state index in [0.29, 0.717) is 24.0 Å². The van der Waals surface area contributed by atoms with E-state index >= 15 is 0 Å². The van der Waals surface area contributed by atoms with Crippen LogP contribution in [-0.4, -0.2) is 39.8 Å². The highest BCUT2D eigenvalue weighted by atomic mass is 35.5. The van der Waals surface area contributed by atoms with Crippen LogP contribution in [0.1, 0.15) is 11.1 Å². The molecule has 13 heteroatoms. The van der Waals surface area contributed by atoms with E-state index in [1.807, 2.05) is 0 Å². The van der Waals surface area contributed by atoms with Gasteiger partial charge in [-0.05, 0) is 30.0 Å². The lowest BCUT2D eigenvalue weighted by Crippen LogP contribution is -2.31. The van der Waals surface area contributed by atoms with E-state index in [0.717, 1.165) is 24.1 Å². The van der Waals surface area contributed by atoms with Crippen molar-refractivity contribution in [2.24, 2.45) is 11.8 Å². The van der Waals surface area contributed by atoms with Gasteiger partial charge in [0.25, 0.3) is 0 Å². The molecule has 2 aliphatic rings. The van der Waals surface area contributed by atoms with Crippen molar-refractivity contribution in [3.63, 3.8) is 0 Å². The standard InChI is InChI=1S/C18H15F6N5O.ClH/c19-17(20,21)10-3-9(4-11(5-10)18(22,23)24)16-26-8-29(28-16)2-1-14(30)27-15-12-6-25-7-13(12)15;/h1-5,8,12-13,15,25H,6-7H2,(H,27,30);1H/b2-1-;. The maximum absolute atomic E-state index is 13.0. The number of nitrogens with one attached hydrogen (secondary N) is 2. The molecule has 4 rings (SSSR count). The summed E-state index contributed by atoms with van der Waals surface area (Å²) >= 11 is 0. The first kappa shape index (κ1) is 23.1. The van der Waals surface area contributed by atoms with Crippen molar-refractivity contribution in [1.29, 1.82) is 0 Å². The van der Waals surface area contributed by atoms with Crippen LogP contribution in [0, 0.1) is 11.8 Å². The Bertz CT molecular complexity index is 960. The van der Waals surface area contributed by atoms with Crippen molar-refractivity contribution in [2.45, 2.75) is 18.4 Å². The van der Waals surface area contributed by atoms with E-state index in [2.05, 4.69) is 20.7 Å². The average Bonchev–Trinajstić information content (AvgIpc) is 3.08. The fraction of sp³-hybridized carbons (Fsp3) is 0.389. The van der Waals surface area contributed by atoms with Crippen molar-refractivity contribution in [2.75, 3.05) is 13.1 Å². The molecule has 2 heterocycles. The number of hydrogen-bond donors (Lipinski definition) is 2. The van der Waals surface area contributed by atoms with Gasteiger partial charge < -0.3 is 10.6 Å². The molecule has 1 aliphatic carbocycles. The van der Waals surface area contributed by atoms with Crippen molar-refractivity contribution >= 4 is 24.5 Å². The number of fused-ring (bicyclic) bond motifs is 1. The molecular formula is C18H16ClF6N5O. The third-order valence-corrected chi connectivity index (χ3v) is 5.13. The van der Waals surface area contributed by atoms with Crippen LogP contribution in [0.5, 0.6) is 0 Å². The van der Waals surface area contributed by atoms with E-state index < -0.39 is 29.0 Å². The van der Waals surface area contributed by atoms with Crippen LogP contribution in [0.2, 0.25) is 0 Å². The number of carbonyl (C=O) groups is 1. The highest BCUT2D eigenvalue weighted by Crippen LogP contribution is 2.41. The molecule has 1 saturated heterocycles. The first-order valence-corrected chi connectivity index (χ1v) is 8.93. The molecule has 2 aromatic rings. The lowest BCUT2D eigenvalue weighted by molar-refractivity contribution is -0.143. The molecule has 2 fully saturated rings. The summed E-state index contributed by atoms with van der Waals surface area (Å²) in [6, 6.07) is 1.24. The number of piperidine rings is 1. The van der Waals surface area contributed by atoms with Crippen molar-refractivity contribution in [3.8, 4) is 11.4 Å². The molecule has 2 atom stereocenters. The molecule has 1 amide bonds. The van der Waals surface area contributed by atoms with Crippen LogP contribution >= 0.6 is 12.4 Å². The van der Waals surface area contributed by atoms with Crippen molar-refractivity contribution in [1.82, 2.24) is 25.4 Å². The van der Waals surface area contributed by atoms with Gasteiger partial charge in [-0.25, -0.2) is 9.67 Å². The Kier molecular flexibility index (Phi) is 6.07. The van der Waals surface area contributed by atoms with Crippen LogP contribution < -0.4 is 10.6 Å². The molecule has 1 aliphatic heterocycles. The predicted octanol–water partition coefficient (Wildman–Crippen LogP) is 3.21. The Morgan fingerprint density at radius 3 is 2.19 bits per heavy atom. The summed E-state index contributed by atoms with van der Waals surface area (Å²) in [6.45, 7) is 1.70. The summed E-state index contributed by atoms with van der Waals surface area (Å²) in [4.78, 5) is 15.7. The molecule has 0 spiro atoms. The lowest BCUT2D eigenvalue weighted by Gasteiger charge is -2.13. The number of aromatic nitrogens is 3. The maximum atomic E-state index is 13.0. The van der Waals surface area contributed by atoms with Gasteiger partial charge in [0, 0.05) is 37.0 Å². The second-order valence-electron chi connectivity index (χ2n) is 7.18. The molecule has 2 unspecified atom stereocenters. The minimum absolute atomic E-state index is 0. The molecular weight excluding hydrogens is 452 g/mol. The Balaban J connectivity index is 0.00000272. The Morgan fingerprint density at radius 2 is 1.65 bits per heavy atom. The first-order valence-electron chi connectivity index (χ1n) is 8.93. The normalized spacial score (nSPS) is 22.8. The molecule has 168 valence electrons. The van der Waals surface area contributed by atoms with Crippen LogP contribution in [0.3, 0.4) is 0 Å². The van der Waals surface area contributed by atoms with Gasteiger partial charge in [0.1, 0.15) is 6.33 Å². The molecule has 0 bridgehead atoms. The number of nitrogens with zero attached hydrogens (tertiary/aromatic N) is 3. The van der Waals surface area contributed by atoms with Crippen LogP contribution in [-0.2, 0) is 17.1 Å². The summed E-state index contributed by atoms with van der Waals surface area (Å²) < 4.78 is 79.0. The highest BCUT2D eigenvalue weighted by molar-refractivity contribution is 5.90. The van der Waals surface area contributed by atoms with Gasteiger partial charge in [-0.3, -0.25) is 4.79 Å². The number of halogens is 7. The number of alkyl halides is 6. The van der Waals surface area contributed by atoms with E-state index in [-0.39, 0.29) is 36.2 Å². The van der Waals surface area contributed by atoms with Gasteiger partial charge >= 0.3 is 12.4 Å². The molecule has 31 heavy (non-hydrogen) atoms. The summed E-state index contributed by atoms with van der Waals surface area (Å²) in [6.07, 6.45) is -6.45. The number of benzene rings is 1. The predicted molar refractivity (Wildman–Crippen MR) is 99.8 cm³/mol. The van der Waals surface area contributed by atoms with Gasteiger partial charge in [0.15, 0.2) is 5.82 Å². The zero-order valence-electron chi connectivity index (χ0n) is 15.5. The third-order valence-electron chi connectivity index (χ3n) is 5.13. The Hall–Kier alpha value is -2.60. The van der Waals surface area contributed by atoms with E-state index in [4.69, 9.17) is 0 Å². The molecule has 1 aromatic carbocycles. The summed E-state index contributed by atoms with van der Waals surface area (Å²) in [7, 11) is 0. The quantitative estimate of drug-likeness (QED) is 0.535. The van der Waals surface area contributed by atoms with Crippen LogP contribution in [0.15, 0.2) is 30.6 Å². The number of carbonyl (C=O) groups excluding carboxylic acids is 1. The minimum Gasteiger partial charge on any atom is -0.349 e. The van der Waals surface area contributed by atoms with Gasteiger partial charge in [-0.1, -0.05) is 0 Å². The fourth-order valence-electron chi connectivity index (χ4n) is 3.55. The van der Waals surface area contributed by atoms with Gasteiger partial charge in [0.05, 0.1) is 11.1 Å². The van der Waals surface area contributed by atoms with Gasteiger partial charge in [-0.2, -0.15) is 26.3 Å². The summed E-state index contributed by atoms with van der Waals surface area (Å²) in [5.41, 5.74) is -3.35.